The van der Waals surface area contributed by atoms with Crippen LogP contribution in [-0.4, -0.2) is 26.8 Å². The Bertz CT molecular complexity index is 690. The minimum atomic E-state index is -4.11. The summed E-state index contributed by atoms with van der Waals surface area (Å²) in [4.78, 5) is 27.6. The van der Waals surface area contributed by atoms with Crippen LogP contribution in [0.5, 0.6) is 0 Å². The number of nitrogens with one attached hydrogen (secondary N) is 1. The van der Waals surface area contributed by atoms with E-state index in [2.05, 4.69) is 21.5 Å². The highest BCUT2D eigenvalue weighted by molar-refractivity contribution is 7.86. The summed E-state index contributed by atoms with van der Waals surface area (Å²) in [6, 6.07) is 7.46. The molecule has 1 rings (SSSR count). The van der Waals surface area contributed by atoms with E-state index in [4.69, 9.17) is 0 Å². The predicted molar refractivity (Wildman–Crippen MR) is 110 cm³/mol. The van der Waals surface area contributed by atoms with Crippen molar-refractivity contribution in [1.82, 2.24) is 5.32 Å². The average molecular weight is 428 g/mol. The molecule has 0 aliphatic carbocycles. The molecule has 0 atom stereocenters. The summed E-state index contributed by atoms with van der Waals surface area (Å²) < 4.78 is 28.0. The molecule has 0 bridgehead atoms. The summed E-state index contributed by atoms with van der Waals surface area (Å²) in [5.74, 6) is -0.670. The van der Waals surface area contributed by atoms with Gasteiger partial charge in [0, 0.05) is 19.4 Å². The Kier molecular flexibility index (Phi) is 13.0. The van der Waals surface area contributed by atoms with Crippen molar-refractivity contribution in [3.8, 4) is 0 Å². The maximum absolute atomic E-state index is 11.8. The second-order valence-electron chi connectivity index (χ2n) is 6.97. The number of carbonyl (C=O) groups is 2. The molecule has 0 saturated carbocycles. The molecule has 1 aromatic rings. The predicted octanol–water partition coefficient (Wildman–Crippen LogP) is 4.28. The number of rotatable bonds is 16. The van der Waals surface area contributed by atoms with Crippen molar-refractivity contribution in [1.29, 1.82) is 0 Å². The van der Waals surface area contributed by atoms with Gasteiger partial charge in [-0.3, -0.25) is 9.68 Å². The lowest BCUT2D eigenvalue weighted by molar-refractivity contribution is -0.211. The van der Waals surface area contributed by atoms with Crippen molar-refractivity contribution < 1.29 is 27.2 Å². The zero-order valence-corrected chi connectivity index (χ0v) is 18.0. The first-order chi connectivity index (χ1) is 14.0. The first-order valence-electron chi connectivity index (χ1n) is 10.4. The first kappa shape index (κ1) is 25.1. The zero-order chi connectivity index (χ0) is 21.4. The Labute approximate surface area is 174 Å². The van der Waals surface area contributed by atoms with Crippen molar-refractivity contribution in [3.05, 3.63) is 30.3 Å². The van der Waals surface area contributed by atoms with Crippen LogP contribution in [0.3, 0.4) is 0 Å². The van der Waals surface area contributed by atoms with Crippen LogP contribution in [0.4, 0.5) is 0 Å². The lowest BCUT2D eigenvalue weighted by Gasteiger charge is -2.06. The van der Waals surface area contributed by atoms with Gasteiger partial charge >= 0.3 is 16.1 Å². The molecular weight excluding hydrogens is 394 g/mol. The number of benzene rings is 1. The molecule has 0 heterocycles. The van der Waals surface area contributed by atoms with Gasteiger partial charge in [0.2, 0.25) is 5.91 Å². The van der Waals surface area contributed by atoms with Crippen LogP contribution in [0.1, 0.15) is 77.6 Å². The quantitative estimate of drug-likeness (QED) is 0.240. The minimum absolute atomic E-state index is 0.0516. The molecule has 0 fully saturated rings. The summed E-state index contributed by atoms with van der Waals surface area (Å²) in [5.41, 5.74) is 0. The molecule has 0 saturated heterocycles. The number of unbranched alkanes of at least 4 members (excludes halogenated alkanes) is 7. The standard InChI is InChI=1S/C21H33NO6S/c1-2-3-4-5-6-11-16-20(23)22-18-13-8-12-17-21(24)27-28-29(25,26)19-14-9-7-10-15-19/h7,9-10,14-15H,2-6,8,11-13,16-18H2,1H3,(H,22,23). The molecule has 29 heavy (non-hydrogen) atoms. The first-order valence-corrected chi connectivity index (χ1v) is 11.8. The van der Waals surface area contributed by atoms with Gasteiger partial charge in [0.15, 0.2) is 0 Å². The van der Waals surface area contributed by atoms with Gasteiger partial charge in [-0.25, -0.2) is 4.79 Å². The van der Waals surface area contributed by atoms with E-state index in [0.29, 0.717) is 19.4 Å². The number of hydrogen-bond donors (Lipinski definition) is 1. The van der Waals surface area contributed by atoms with Gasteiger partial charge < -0.3 is 5.32 Å². The van der Waals surface area contributed by atoms with E-state index >= 15 is 0 Å². The Hall–Kier alpha value is -1.93. The lowest BCUT2D eigenvalue weighted by atomic mass is 10.1. The van der Waals surface area contributed by atoms with Crippen LogP contribution in [0.2, 0.25) is 0 Å². The van der Waals surface area contributed by atoms with Gasteiger partial charge in [0.1, 0.15) is 0 Å². The van der Waals surface area contributed by atoms with Crippen LogP contribution in [0.15, 0.2) is 35.2 Å². The highest BCUT2D eigenvalue weighted by atomic mass is 32.2. The molecule has 8 heteroatoms. The van der Waals surface area contributed by atoms with Gasteiger partial charge in [-0.2, -0.15) is 8.42 Å². The van der Waals surface area contributed by atoms with Gasteiger partial charge in [0.05, 0.1) is 4.90 Å². The number of carbonyl (C=O) groups excluding carboxylic acids is 2. The summed E-state index contributed by atoms with van der Waals surface area (Å²) >= 11 is 0. The lowest BCUT2D eigenvalue weighted by Crippen LogP contribution is -2.24. The second kappa shape index (κ2) is 15.0. The topological polar surface area (TPSA) is 98.8 Å². The fourth-order valence-corrected chi connectivity index (χ4v) is 3.44. The number of hydrogen-bond acceptors (Lipinski definition) is 6. The molecule has 164 valence electrons. The fourth-order valence-electron chi connectivity index (χ4n) is 2.70. The third-order valence-electron chi connectivity index (χ3n) is 4.39. The number of amides is 1. The largest absolute Gasteiger partial charge is 0.356 e. The molecule has 1 aromatic carbocycles. The highest BCUT2D eigenvalue weighted by Gasteiger charge is 2.18. The zero-order valence-electron chi connectivity index (χ0n) is 17.2. The summed E-state index contributed by atoms with van der Waals surface area (Å²) in [6.07, 6.45) is 9.54. The summed E-state index contributed by atoms with van der Waals surface area (Å²) in [6.45, 7) is 2.75. The maximum Gasteiger partial charge on any atom is 0.343 e. The minimum Gasteiger partial charge on any atom is -0.356 e. The molecular formula is C21H33NO6S. The average Bonchev–Trinajstić information content (AvgIpc) is 2.72. The smallest absolute Gasteiger partial charge is 0.343 e. The van der Waals surface area contributed by atoms with Crippen LogP contribution in [0, 0.1) is 0 Å². The van der Waals surface area contributed by atoms with Crippen LogP contribution < -0.4 is 5.32 Å². The Balaban J connectivity index is 2.02. The molecule has 0 spiro atoms. The maximum atomic E-state index is 11.8. The van der Waals surface area contributed by atoms with Gasteiger partial charge in [0.25, 0.3) is 0 Å². The molecule has 7 nitrogen and oxygen atoms in total. The monoisotopic (exact) mass is 427 g/mol. The van der Waals surface area contributed by atoms with E-state index in [0.717, 1.165) is 25.7 Å². The van der Waals surface area contributed by atoms with Crippen molar-refractivity contribution >= 4 is 22.0 Å². The molecule has 1 amide bonds. The van der Waals surface area contributed by atoms with E-state index < -0.39 is 16.1 Å². The van der Waals surface area contributed by atoms with Crippen LogP contribution >= 0.6 is 0 Å². The normalized spacial score (nSPS) is 11.2. The second-order valence-corrected chi connectivity index (χ2v) is 8.48. The van der Waals surface area contributed by atoms with Crippen molar-refractivity contribution in [3.63, 3.8) is 0 Å². The Morgan fingerprint density at radius 2 is 1.48 bits per heavy atom. The van der Waals surface area contributed by atoms with E-state index in [9.17, 15) is 18.0 Å². The Morgan fingerprint density at radius 3 is 2.21 bits per heavy atom. The van der Waals surface area contributed by atoms with E-state index in [-0.39, 0.29) is 17.2 Å². The SMILES string of the molecule is CCCCCCCCC(=O)NCCCCCC(=O)OOS(=O)(=O)c1ccccc1. The molecule has 1 N–H and O–H groups in total. The van der Waals surface area contributed by atoms with Gasteiger partial charge in [-0.15, -0.1) is 0 Å². The van der Waals surface area contributed by atoms with E-state index in [1.165, 1.54) is 37.8 Å². The Morgan fingerprint density at radius 1 is 0.862 bits per heavy atom. The van der Waals surface area contributed by atoms with E-state index in [1.54, 1.807) is 18.2 Å². The third-order valence-corrected chi connectivity index (χ3v) is 5.48. The molecule has 0 aliphatic rings. The third kappa shape index (κ3) is 12.3. The molecule has 0 aliphatic heterocycles. The summed E-state index contributed by atoms with van der Waals surface area (Å²) in [7, 11) is -4.11. The van der Waals surface area contributed by atoms with Crippen LogP contribution in [-0.2, 0) is 28.9 Å². The fraction of sp³-hybridized carbons (Fsp3) is 0.619. The van der Waals surface area contributed by atoms with E-state index in [1.807, 2.05) is 0 Å². The molecule has 0 radical (unpaired) electrons. The van der Waals surface area contributed by atoms with Crippen LogP contribution in [0.25, 0.3) is 0 Å². The highest BCUT2D eigenvalue weighted by Crippen LogP contribution is 2.12. The van der Waals surface area contributed by atoms with Crippen molar-refractivity contribution in [2.24, 2.45) is 0 Å². The van der Waals surface area contributed by atoms with Gasteiger partial charge in [-0.1, -0.05) is 63.6 Å². The van der Waals surface area contributed by atoms with Crippen molar-refractivity contribution in [2.75, 3.05) is 6.54 Å². The van der Waals surface area contributed by atoms with Gasteiger partial charge in [-0.05, 0) is 35.7 Å². The summed E-state index contributed by atoms with van der Waals surface area (Å²) in [5, 5.41) is 2.88. The molecule has 0 aromatic heterocycles. The molecule has 0 unspecified atom stereocenters. The van der Waals surface area contributed by atoms with Crippen molar-refractivity contribution in [2.45, 2.75) is 82.4 Å².